The van der Waals surface area contributed by atoms with Crippen LogP contribution < -0.4 is 0 Å². The van der Waals surface area contributed by atoms with Crippen LogP contribution in [0.25, 0.3) is 0 Å². The summed E-state index contributed by atoms with van der Waals surface area (Å²) >= 11 is 0. The van der Waals surface area contributed by atoms with Gasteiger partial charge in [-0.2, -0.15) is 0 Å². The molecule has 0 saturated heterocycles. The van der Waals surface area contributed by atoms with Crippen LogP contribution in [0.4, 0.5) is 0 Å². The van der Waals surface area contributed by atoms with E-state index in [0.717, 1.165) is 30.4 Å². The molecule has 0 amide bonds. The summed E-state index contributed by atoms with van der Waals surface area (Å²) < 4.78 is 0. The molecular formula is C20H22O. The lowest BCUT2D eigenvalue weighted by molar-refractivity contribution is 0.103. The van der Waals surface area contributed by atoms with E-state index >= 15 is 0 Å². The normalized spacial score (nSPS) is 11.9. The van der Waals surface area contributed by atoms with E-state index in [4.69, 9.17) is 0 Å². The van der Waals surface area contributed by atoms with Crippen molar-refractivity contribution in [3.63, 3.8) is 0 Å². The Labute approximate surface area is 127 Å². The Bertz CT molecular complexity index is 598. The molecule has 0 heterocycles. The molecule has 0 spiro atoms. The topological polar surface area (TPSA) is 17.1 Å². The van der Waals surface area contributed by atoms with Gasteiger partial charge in [0.05, 0.1) is 0 Å². The number of rotatable bonds is 7. The maximum absolute atomic E-state index is 12.5. The van der Waals surface area contributed by atoms with E-state index in [-0.39, 0.29) is 5.78 Å². The van der Waals surface area contributed by atoms with Crippen LogP contribution in [0.5, 0.6) is 0 Å². The van der Waals surface area contributed by atoms with Crippen molar-refractivity contribution in [1.29, 1.82) is 0 Å². The zero-order valence-electron chi connectivity index (χ0n) is 12.6. The molecule has 0 fully saturated rings. The van der Waals surface area contributed by atoms with E-state index in [2.05, 4.69) is 19.6 Å². The third kappa shape index (κ3) is 4.16. The first kappa shape index (κ1) is 15.2. The van der Waals surface area contributed by atoms with Gasteiger partial charge in [0.1, 0.15) is 0 Å². The highest BCUT2D eigenvalue weighted by Crippen LogP contribution is 2.23. The lowest BCUT2D eigenvalue weighted by atomic mass is 9.92. The van der Waals surface area contributed by atoms with Gasteiger partial charge in [-0.3, -0.25) is 4.79 Å². The van der Waals surface area contributed by atoms with Crippen LogP contribution in [0.3, 0.4) is 0 Å². The van der Waals surface area contributed by atoms with Gasteiger partial charge in [-0.15, -0.1) is 6.58 Å². The Morgan fingerprint density at radius 2 is 1.81 bits per heavy atom. The Morgan fingerprint density at radius 3 is 2.52 bits per heavy atom. The summed E-state index contributed by atoms with van der Waals surface area (Å²) in [6.07, 6.45) is 5.27. The van der Waals surface area contributed by atoms with Crippen LogP contribution in [0.1, 0.15) is 53.6 Å². The summed E-state index contributed by atoms with van der Waals surface area (Å²) in [5, 5.41) is 0. The third-order valence-corrected chi connectivity index (χ3v) is 3.80. The molecule has 0 N–H and O–H groups in total. The second-order valence-corrected chi connectivity index (χ2v) is 5.44. The average Bonchev–Trinajstić information content (AvgIpc) is 2.55. The Balaban J connectivity index is 2.14. The largest absolute Gasteiger partial charge is 0.289 e. The average molecular weight is 278 g/mol. The summed E-state index contributed by atoms with van der Waals surface area (Å²) in [4.78, 5) is 12.5. The van der Waals surface area contributed by atoms with E-state index in [1.807, 2.05) is 54.6 Å². The number of unbranched alkanes of at least 4 members (excludes halogenated alkanes) is 1. The van der Waals surface area contributed by atoms with Crippen LogP contribution in [0.15, 0.2) is 67.3 Å². The highest BCUT2D eigenvalue weighted by molar-refractivity contribution is 6.09. The van der Waals surface area contributed by atoms with E-state index in [0.29, 0.717) is 5.92 Å². The smallest absolute Gasteiger partial charge is 0.193 e. The first-order chi connectivity index (χ1) is 10.2. The minimum absolute atomic E-state index is 0.0933. The maximum Gasteiger partial charge on any atom is 0.193 e. The van der Waals surface area contributed by atoms with Crippen molar-refractivity contribution in [2.45, 2.75) is 32.1 Å². The zero-order valence-corrected chi connectivity index (χ0v) is 12.6. The fraction of sp³-hybridized carbons (Fsp3) is 0.250. The number of benzene rings is 2. The van der Waals surface area contributed by atoms with Crippen LogP contribution in [-0.2, 0) is 0 Å². The minimum Gasteiger partial charge on any atom is -0.289 e. The SMILES string of the molecule is C=CCCCC(C)c1cccc(C(=O)c2ccccc2)c1. The van der Waals surface area contributed by atoms with Gasteiger partial charge in [0, 0.05) is 11.1 Å². The molecule has 1 nitrogen and oxygen atoms in total. The highest BCUT2D eigenvalue weighted by Gasteiger charge is 2.11. The number of carbonyl (C=O) groups excluding carboxylic acids is 1. The molecule has 108 valence electrons. The minimum atomic E-state index is 0.0933. The van der Waals surface area contributed by atoms with Crippen LogP contribution in [0.2, 0.25) is 0 Å². The summed E-state index contributed by atoms with van der Waals surface area (Å²) in [6, 6.07) is 17.5. The van der Waals surface area contributed by atoms with Crippen LogP contribution in [0, 0.1) is 0 Å². The molecule has 0 bridgehead atoms. The van der Waals surface area contributed by atoms with Gasteiger partial charge >= 0.3 is 0 Å². The van der Waals surface area contributed by atoms with E-state index in [1.165, 1.54) is 5.56 Å². The van der Waals surface area contributed by atoms with Gasteiger partial charge in [0.25, 0.3) is 0 Å². The van der Waals surface area contributed by atoms with Gasteiger partial charge in [0.15, 0.2) is 5.78 Å². The summed E-state index contributed by atoms with van der Waals surface area (Å²) in [5.41, 5.74) is 2.75. The van der Waals surface area contributed by atoms with Gasteiger partial charge in [0.2, 0.25) is 0 Å². The molecule has 0 aliphatic carbocycles. The molecule has 2 aromatic rings. The third-order valence-electron chi connectivity index (χ3n) is 3.80. The summed E-state index contributed by atoms with van der Waals surface area (Å²) in [7, 11) is 0. The molecule has 0 radical (unpaired) electrons. The zero-order chi connectivity index (χ0) is 15.1. The predicted octanol–water partition coefficient (Wildman–Crippen LogP) is 5.38. The number of hydrogen-bond donors (Lipinski definition) is 0. The van der Waals surface area contributed by atoms with Crippen molar-refractivity contribution >= 4 is 5.78 Å². The Morgan fingerprint density at radius 1 is 1.10 bits per heavy atom. The molecule has 1 heteroatoms. The number of allylic oxidation sites excluding steroid dienone is 1. The van der Waals surface area contributed by atoms with Gasteiger partial charge in [-0.1, -0.05) is 61.5 Å². The van der Waals surface area contributed by atoms with E-state index < -0.39 is 0 Å². The van der Waals surface area contributed by atoms with Crippen molar-refractivity contribution in [3.05, 3.63) is 83.9 Å². The quantitative estimate of drug-likeness (QED) is 0.377. The molecular weight excluding hydrogens is 256 g/mol. The number of hydrogen-bond acceptors (Lipinski definition) is 1. The van der Waals surface area contributed by atoms with Crippen molar-refractivity contribution in [2.75, 3.05) is 0 Å². The monoisotopic (exact) mass is 278 g/mol. The lowest BCUT2D eigenvalue weighted by Gasteiger charge is -2.12. The first-order valence-electron chi connectivity index (χ1n) is 7.53. The van der Waals surface area contributed by atoms with Crippen molar-refractivity contribution in [2.24, 2.45) is 0 Å². The predicted molar refractivity (Wildman–Crippen MR) is 88.8 cm³/mol. The second kappa shape index (κ2) is 7.58. The summed E-state index contributed by atoms with van der Waals surface area (Å²) in [5.74, 6) is 0.559. The van der Waals surface area contributed by atoms with Crippen LogP contribution >= 0.6 is 0 Å². The second-order valence-electron chi connectivity index (χ2n) is 5.44. The Kier molecular flexibility index (Phi) is 5.51. The molecule has 0 aromatic heterocycles. The van der Waals surface area contributed by atoms with Gasteiger partial charge < -0.3 is 0 Å². The van der Waals surface area contributed by atoms with Crippen LogP contribution in [-0.4, -0.2) is 5.78 Å². The first-order valence-corrected chi connectivity index (χ1v) is 7.53. The molecule has 0 saturated carbocycles. The standard InChI is InChI=1S/C20H22O/c1-3-4-6-10-16(2)18-13-9-14-19(15-18)20(21)17-11-7-5-8-12-17/h3,5,7-9,11-16H,1,4,6,10H2,2H3. The molecule has 21 heavy (non-hydrogen) atoms. The van der Waals surface area contributed by atoms with Gasteiger partial charge in [-0.25, -0.2) is 0 Å². The molecule has 2 aromatic carbocycles. The van der Waals surface area contributed by atoms with Crippen molar-refractivity contribution in [1.82, 2.24) is 0 Å². The molecule has 0 aliphatic heterocycles. The summed E-state index contributed by atoms with van der Waals surface area (Å²) in [6.45, 7) is 5.97. The molecule has 0 aliphatic rings. The fourth-order valence-corrected chi connectivity index (χ4v) is 2.48. The van der Waals surface area contributed by atoms with Gasteiger partial charge in [-0.05, 0) is 36.8 Å². The van der Waals surface area contributed by atoms with Crippen molar-refractivity contribution in [3.8, 4) is 0 Å². The number of ketones is 1. The molecule has 2 rings (SSSR count). The highest BCUT2D eigenvalue weighted by atomic mass is 16.1. The fourth-order valence-electron chi connectivity index (χ4n) is 2.48. The van der Waals surface area contributed by atoms with Crippen molar-refractivity contribution < 1.29 is 4.79 Å². The molecule has 1 unspecified atom stereocenters. The van der Waals surface area contributed by atoms with E-state index in [1.54, 1.807) is 0 Å². The lowest BCUT2D eigenvalue weighted by Crippen LogP contribution is -2.03. The Hall–Kier alpha value is -2.15. The van der Waals surface area contributed by atoms with E-state index in [9.17, 15) is 4.79 Å². The number of carbonyl (C=O) groups is 1. The maximum atomic E-state index is 12.5. The molecule has 1 atom stereocenters.